The highest BCUT2D eigenvalue weighted by molar-refractivity contribution is 5.87. The molecule has 8 aliphatic rings. The predicted molar refractivity (Wildman–Crippen MR) is 230 cm³/mol. The highest BCUT2D eigenvalue weighted by Crippen LogP contribution is 2.75. The van der Waals surface area contributed by atoms with Crippen LogP contribution in [-0.4, -0.2) is 174 Å². The van der Waals surface area contributed by atoms with Crippen LogP contribution in [0.3, 0.4) is 0 Å². The van der Waals surface area contributed by atoms with E-state index in [2.05, 4.69) is 47.6 Å². The number of hydrogen-bond acceptors (Lipinski definition) is 17. The van der Waals surface area contributed by atoms with Gasteiger partial charge in [0.15, 0.2) is 25.0 Å². The first-order chi connectivity index (χ1) is 30.7. The van der Waals surface area contributed by atoms with Gasteiger partial charge in [-0.3, -0.25) is 4.79 Å². The highest BCUT2D eigenvalue weighted by atomic mass is 16.8. The lowest BCUT2D eigenvalue weighted by Crippen LogP contribution is -2.68. The first-order valence-corrected chi connectivity index (χ1v) is 24.1. The lowest BCUT2D eigenvalue weighted by atomic mass is 9.33. The monoisotopic (exact) mass is 941 g/mol. The second-order valence-corrected chi connectivity index (χ2v) is 23.4. The van der Waals surface area contributed by atoms with Crippen molar-refractivity contribution in [3.05, 3.63) is 11.6 Å². The molecule has 66 heavy (non-hydrogen) atoms. The molecule has 0 spiro atoms. The quantitative estimate of drug-likeness (QED) is 0.114. The zero-order valence-corrected chi connectivity index (χ0v) is 39.6. The van der Waals surface area contributed by atoms with E-state index in [1.165, 1.54) is 12.5 Å². The number of hydrogen-bond donors (Lipinski definition) is 10. The fourth-order valence-corrected chi connectivity index (χ4v) is 14.9. The average Bonchev–Trinajstić information content (AvgIpc) is 3.25. The van der Waals surface area contributed by atoms with Gasteiger partial charge in [0.2, 0.25) is 0 Å². The van der Waals surface area contributed by atoms with E-state index in [1.54, 1.807) is 0 Å². The third-order valence-corrected chi connectivity index (χ3v) is 19.2. The van der Waals surface area contributed by atoms with Crippen molar-refractivity contribution in [1.29, 1.82) is 0 Å². The number of fused-ring (bicyclic) bond motifs is 7. The summed E-state index contributed by atoms with van der Waals surface area (Å²) in [6.07, 6.45) is -17.8. The molecular formula is C48H76O18. The molecule has 5 aliphatic carbocycles. The van der Waals surface area contributed by atoms with E-state index in [9.17, 15) is 60.7 Å². The minimum Gasteiger partial charge on any atom is -0.479 e. The summed E-state index contributed by atoms with van der Waals surface area (Å²) in [7, 11) is 0. The van der Waals surface area contributed by atoms with Crippen molar-refractivity contribution in [1.82, 2.24) is 0 Å². The molecule has 0 aromatic heterocycles. The molecule has 7 fully saturated rings. The van der Waals surface area contributed by atoms with Crippen molar-refractivity contribution in [3.63, 3.8) is 0 Å². The maximum absolute atomic E-state index is 13.8. The molecule has 0 amide bonds. The van der Waals surface area contributed by atoms with Gasteiger partial charge in [0, 0.05) is 17.3 Å². The predicted octanol–water partition coefficient (Wildman–Crippen LogP) is 0.913. The number of allylic oxidation sites excluding steroid dienone is 2. The summed E-state index contributed by atoms with van der Waals surface area (Å²) in [6, 6.07) is 0. The Balaban J connectivity index is 1.08. The van der Waals surface area contributed by atoms with Crippen molar-refractivity contribution in [3.8, 4) is 0 Å². The number of Topliss-reactive ketones (excluding diaryl/α,β-unsaturated/α-hetero) is 1. The van der Waals surface area contributed by atoms with Crippen LogP contribution in [0.1, 0.15) is 113 Å². The molecule has 3 saturated heterocycles. The van der Waals surface area contributed by atoms with Crippen molar-refractivity contribution >= 4 is 11.8 Å². The van der Waals surface area contributed by atoms with Crippen molar-refractivity contribution in [2.24, 2.45) is 50.2 Å². The van der Waals surface area contributed by atoms with E-state index in [-0.39, 0.29) is 51.4 Å². The molecule has 376 valence electrons. The van der Waals surface area contributed by atoms with Gasteiger partial charge < -0.3 is 79.5 Å². The number of carbonyl (C=O) groups excluding carboxylic acids is 1. The Kier molecular flexibility index (Phi) is 13.5. The van der Waals surface area contributed by atoms with Crippen molar-refractivity contribution < 1.29 is 89.1 Å². The van der Waals surface area contributed by atoms with Gasteiger partial charge in [-0.1, -0.05) is 60.1 Å². The molecular weight excluding hydrogens is 865 g/mol. The van der Waals surface area contributed by atoms with Crippen LogP contribution in [0.5, 0.6) is 0 Å². The van der Waals surface area contributed by atoms with Crippen LogP contribution in [0.2, 0.25) is 0 Å². The second kappa shape index (κ2) is 17.5. The first-order valence-electron chi connectivity index (χ1n) is 24.1. The third kappa shape index (κ3) is 7.70. The highest BCUT2D eigenvalue weighted by Gasteiger charge is 2.70. The lowest BCUT2D eigenvalue weighted by Gasteiger charge is -2.71. The molecule has 3 aliphatic heterocycles. The second-order valence-electron chi connectivity index (χ2n) is 23.4. The van der Waals surface area contributed by atoms with E-state index in [0.29, 0.717) is 25.0 Å². The SMILES string of the molecule is C[C@H]1O[C@H](O[C@@H]2[C@@H](O[C@@H]3[C@@H](O[C@@H]4CC[C@]5(C)C(CC[C@@]6(C)C5CC=C5[C@H]7CC(C)(C)CC(=O)[C@@]7(C)CC[C@@]56C)[C@]4(C)CO)O[C@@H](C(=O)O)[C@H](O)[C@H]3O)O[C@@H](CO)[C@@H](O)[C@H]2O)[C@@H](O)[C@@H](O)[C@@H]1O. The smallest absolute Gasteiger partial charge is 0.335 e. The van der Waals surface area contributed by atoms with E-state index >= 15 is 0 Å². The van der Waals surface area contributed by atoms with Crippen LogP contribution < -0.4 is 0 Å². The molecule has 0 bridgehead atoms. The van der Waals surface area contributed by atoms with E-state index in [1.807, 2.05) is 6.92 Å². The van der Waals surface area contributed by atoms with Crippen LogP contribution in [0, 0.1) is 50.2 Å². The summed E-state index contributed by atoms with van der Waals surface area (Å²) in [5.74, 6) is -0.928. The van der Waals surface area contributed by atoms with Crippen LogP contribution in [0.15, 0.2) is 11.6 Å². The number of rotatable bonds is 9. The normalized spacial score (nSPS) is 54.8. The summed E-state index contributed by atoms with van der Waals surface area (Å²) in [4.78, 5) is 26.3. The molecule has 0 aromatic rings. The topological polar surface area (TPSA) is 292 Å². The van der Waals surface area contributed by atoms with Gasteiger partial charge in [-0.2, -0.15) is 0 Å². The lowest BCUT2D eigenvalue weighted by molar-refractivity contribution is -0.396. The number of carboxylic acid groups (broad SMARTS) is 1. The summed E-state index contributed by atoms with van der Waals surface area (Å²) < 4.78 is 36.2. The summed E-state index contributed by atoms with van der Waals surface area (Å²) in [5.41, 5.74) is -0.509. The van der Waals surface area contributed by atoms with Crippen LogP contribution in [0.4, 0.5) is 0 Å². The minimum absolute atomic E-state index is 0.0830. The third-order valence-electron chi connectivity index (χ3n) is 19.2. The number of aliphatic hydroxyl groups is 9. The zero-order valence-electron chi connectivity index (χ0n) is 39.6. The first kappa shape index (κ1) is 50.7. The molecule has 24 atom stereocenters. The zero-order chi connectivity index (χ0) is 48.4. The Bertz CT molecular complexity index is 1860. The minimum atomic E-state index is -2.07. The van der Waals surface area contributed by atoms with E-state index in [0.717, 1.165) is 38.5 Å². The standard InChI is InChI=1S/C48H76O18/c1-21-29(52)31(54)35(58)40(61-21)65-37-32(55)30(53)24(19-49)62-41(37)66-38-34(57)33(56)36(39(59)60)64-42(38)63-28-12-13-45(5)25(46(28,6)20-50)11-14-48(8)26(45)10-9-22-23-17-43(2,3)18-27(51)44(23,4)15-16-47(22,48)7/h9,21,23-26,28-38,40-42,49-50,52-58H,10-20H2,1-8H3,(H,59,60)/t21-,23-,24+,25?,26?,28-,29-,30-,31+,32-,33-,34-,35+,36-,37+,38+,40-,41-,42+,44+,45-,46+,47+,48+/m1/s1. The Morgan fingerprint density at radius 3 is 1.98 bits per heavy atom. The molecule has 0 aromatic carbocycles. The van der Waals surface area contributed by atoms with Gasteiger partial charge in [0.25, 0.3) is 0 Å². The van der Waals surface area contributed by atoms with Crippen molar-refractivity contribution in [2.75, 3.05) is 13.2 Å². The molecule has 18 heteroatoms. The van der Waals surface area contributed by atoms with Crippen LogP contribution in [0.25, 0.3) is 0 Å². The fourth-order valence-electron chi connectivity index (χ4n) is 14.9. The summed E-state index contributed by atoms with van der Waals surface area (Å²) >= 11 is 0. The Morgan fingerprint density at radius 1 is 0.712 bits per heavy atom. The van der Waals surface area contributed by atoms with Gasteiger partial charge in [-0.15, -0.1) is 0 Å². The number of ether oxygens (including phenoxy) is 6. The molecule has 10 N–H and O–H groups in total. The molecule has 4 saturated carbocycles. The van der Waals surface area contributed by atoms with Gasteiger partial charge >= 0.3 is 5.97 Å². The fraction of sp³-hybridized carbons (Fsp3) is 0.917. The molecule has 8 rings (SSSR count). The van der Waals surface area contributed by atoms with E-state index in [4.69, 9.17) is 28.4 Å². The Hall–Kier alpha value is -1.72. The van der Waals surface area contributed by atoms with Crippen LogP contribution in [-0.2, 0) is 38.0 Å². The number of aliphatic hydroxyl groups excluding tert-OH is 9. The van der Waals surface area contributed by atoms with Crippen LogP contribution >= 0.6 is 0 Å². The average molecular weight is 941 g/mol. The van der Waals surface area contributed by atoms with E-state index < -0.39 is 116 Å². The largest absolute Gasteiger partial charge is 0.479 e. The number of ketones is 1. The molecule has 0 radical (unpaired) electrons. The number of carboxylic acids is 1. The Labute approximate surface area is 386 Å². The number of aliphatic carboxylic acids is 1. The van der Waals surface area contributed by atoms with Gasteiger partial charge in [0.1, 0.15) is 66.8 Å². The Morgan fingerprint density at radius 2 is 1.35 bits per heavy atom. The van der Waals surface area contributed by atoms with Gasteiger partial charge in [-0.05, 0) is 97.7 Å². The summed E-state index contributed by atoms with van der Waals surface area (Å²) in [6.45, 7) is 16.0. The number of carbonyl (C=O) groups is 2. The van der Waals surface area contributed by atoms with Gasteiger partial charge in [0.05, 0.1) is 25.4 Å². The molecule has 3 heterocycles. The maximum Gasteiger partial charge on any atom is 0.335 e. The summed E-state index contributed by atoms with van der Waals surface area (Å²) in [5, 5.41) is 108. The maximum atomic E-state index is 13.8. The van der Waals surface area contributed by atoms with Crippen molar-refractivity contribution in [2.45, 2.75) is 211 Å². The molecule has 2 unspecified atom stereocenters. The van der Waals surface area contributed by atoms with Gasteiger partial charge in [-0.25, -0.2) is 4.79 Å². The molecule has 18 nitrogen and oxygen atoms in total.